The zero-order chi connectivity index (χ0) is 17.2. The predicted octanol–water partition coefficient (Wildman–Crippen LogP) is 2.24. The van der Waals surface area contributed by atoms with E-state index < -0.39 is 0 Å². The zero-order valence-electron chi connectivity index (χ0n) is 14.2. The van der Waals surface area contributed by atoms with E-state index >= 15 is 0 Å². The maximum atomic E-state index is 12.6. The quantitative estimate of drug-likeness (QED) is 0.915. The lowest BCUT2D eigenvalue weighted by Crippen LogP contribution is -2.45. The molecular weight excluding hydrogens is 324 g/mol. The Labute approximate surface area is 145 Å². The highest BCUT2D eigenvalue weighted by Crippen LogP contribution is 2.34. The number of thiazole rings is 1. The van der Waals surface area contributed by atoms with Crippen molar-refractivity contribution in [2.24, 2.45) is 5.41 Å². The normalized spacial score (nSPS) is 16.7. The van der Waals surface area contributed by atoms with Gasteiger partial charge in [0.1, 0.15) is 0 Å². The third kappa shape index (κ3) is 3.48. The molecule has 1 fully saturated rings. The molecule has 0 spiro atoms. The molecule has 1 N–H and O–H groups in total. The summed E-state index contributed by atoms with van der Waals surface area (Å²) in [6, 6.07) is 3.95. The van der Waals surface area contributed by atoms with E-state index in [9.17, 15) is 4.79 Å². The Balaban J connectivity index is 1.61. The Morgan fingerprint density at radius 2 is 2.04 bits per heavy atom. The first-order valence-electron chi connectivity index (χ1n) is 7.95. The molecule has 3 rings (SSSR count). The van der Waals surface area contributed by atoms with E-state index in [1.807, 2.05) is 43.4 Å². The van der Waals surface area contributed by atoms with Crippen LogP contribution in [0.1, 0.15) is 19.8 Å². The van der Waals surface area contributed by atoms with E-state index in [2.05, 4.69) is 25.4 Å². The van der Waals surface area contributed by atoms with Gasteiger partial charge in [-0.1, -0.05) is 6.92 Å². The van der Waals surface area contributed by atoms with Gasteiger partial charge in [0.25, 0.3) is 0 Å². The van der Waals surface area contributed by atoms with Crippen molar-refractivity contribution in [1.29, 1.82) is 0 Å². The minimum Gasteiger partial charge on any atom is -0.361 e. The summed E-state index contributed by atoms with van der Waals surface area (Å²) in [6.07, 6.45) is 3.25. The summed E-state index contributed by atoms with van der Waals surface area (Å²) in [5, 5.41) is 14.0. The number of nitrogens with zero attached hydrogens (tertiary/aromatic N) is 5. The van der Waals surface area contributed by atoms with E-state index in [-0.39, 0.29) is 11.3 Å². The van der Waals surface area contributed by atoms with Crippen LogP contribution in [0.2, 0.25) is 0 Å². The maximum Gasteiger partial charge on any atom is 0.232 e. The maximum absolute atomic E-state index is 12.6. The lowest BCUT2D eigenvalue weighted by molar-refractivity contribution is -0.125. The first kappa shape index (κ1) is 16.6. The number of amides is 1. The van der Waals surface area contributed by atoms with Gasteiger partial charge in [-0.25, -0.2) is 4.98 Å². The Bertz CT molecular complexity index is 677. The fraction of sp³-hybridized carbons (Fsp3) is 0.500. The summed E-state index contributed by atoms with van der Waals surface area (Å²) in [4.78, 5) is 20.8. The second kappa shape index (κ2) is 6.72. The van der Waals surface area contributed by atoms with Crippen molar-refractivity contribution in [1.82, 2.24) is 15.2 Å². The number of carbonyl (C=O) groups is 1. The van der Waals surface area contributed by atoms with E-state index in [1.54, 1.807) is 6.20 Å². The van der Waals surface area contributed by atoms with Crippen LogP contribution in [0.3, 0.4) is 0 Å². The number of hydrogen-bond acceptors (Lipinski definition) is 7. The Hall–Kier alpha value is -2.22. The Kier molecular flexibility index (Phi) is 4.66. The molecule has 0 saturated carbocycles. The van der Waals surface area contributed by atoms with E-state index in [4.69, 9.17) is 0 Å². The molecule has 0 aromatic carbocycles. The van der Waals surface area contributed by atoms with Crippen LogP contribution in [0.25, 0.3) is 0 Å². The summed E-state index contributed by atoms with van der Waals surface area (Å²) in [5.74, 6) is 1.75. The second-order valence-electron chi connectivity index (χ2n) is 6.48. The van der Waals surface area contributed by atoms with Crippen LogP contribution in [0, 0.1) is 5.41 Å². The van der Waals surface area contributed by atoms with Gasteiger partial charge in [0.2, 0.25) is 5.91 Å². The van der Waals surface area contributed by atoms with Gasteiger partial charge >= 0.3 is 0 Å². The van der Waals surface area contributed by atoms with Crippen molar-refractivity contribution in [3.63, 3.8) is 0 Å². The first-order chi connectivity index (χ1) is 11.5. The predicted molar refractivity (Wildman–Crippen MR) is 96.7 cm³/mol. The van der Waals surface area contributed by atoms with Gasteiger partial charge < -0.3 is 15.1 Å². The monoisotopic (exact) mass is 346 g/mol. The lowest BCUT2D eigenvalue weighted by Gasteiger charge is -2.38. The summed E-state index contributed by atoms with van der Waals surface area (Å²) < 4.78 is 0. The van der Waals surface area contributed by atoms with E-state index in [0.29, 0.717) is 5.13 Å². The van der Waals surface area contributed by atoms with Gasteiger partial charge in [-0.05, 0) is 25.0 Å². The fourth-order valence-corrected chi connectivity index (χ4v) is 3.24. The molecule has 0 aliphatic carbocycles. The third-order valence-corrected chi connectivity index (χ3v) is 5.18. The van der Waals surface area contributed by atoms with E-state index in [0.717, 1.165) is 37.6 Å². The van der Waals surface area contributed by atoms with Gasteiger partial charge in [-0.15, -0.1) is 21.5 Å². The molecule has 2 aromatic heterocycles. The Morgan fingerprint density at radius 3 is 2.58 bits per heavy atom. The van der Waals surface area contributed by atoms with Gasteiger partial charge in [-0.2, -0.15) is 0 Å². The smallest absolute Gasteiger partial charge is 0.232 e. The summed E-state index contributed by atoms with van der Waals surface area (Å²) in [6.45, 7) is 3.60. The molecule has 0 bridgehead atoms. The fourth-order valence-electron chi connectivity index (χ4n) is 2.71. The molecule has 0 radical (unpaired) electrons. The van der Waals surface area contributed by atoms with Crippen molar-refractivity contribution < 1.29 is 4.79 Å². The average molecular weight is 346 g/mol. The molecule has 1 amide bonds. The highest BCUT2D eigenvalue weighted by molar-refractivity contribution is 7.13. The SMILES string of the molecule is CN(C)c1ccc(N2CCC(C)(C(=O)Nc3nccs3)CC2)nn1. The van der Waals surface area contributed by atoms with Crippen LogP contribution < -0.4 is 15.1 Å². The molecule has 0 unspecified atom stereocenters. The molecule has 1 aliphatic heterocycles. The second-order valence-corrected chi connectivity index (χ2v) is 7.38. The number of anilines is 3. The molecule has 1 aliphatic rings. The van der Waals surface area contributed by atoms with Crippen molar-refractivity contribution in [3.05, 3.63) is 23.7 Å². The Morgan fingerprint density at radius 1 is 1.29 bits per heavy atom. The third-order valence-electron chi connectivity index (χ3n) is 4.49. The molecule has 128 valence electrons. The van der Waals surface area contributed by atoms with Gasteiger partial charge in [0.15, 0.2) is 16.8 Å². The van der Waals surface area contributed by atoms with Crippen molar-refractivity contribution in [2.75, 3.05) is 42.3 Å². The van der Waals surface area contributed by atoms with Crippen molar-refractivity contribution >= 4 is 34.0 Å². The first-order valence-corrected chi connectivity index (χ1v) is 8.83. The number of hydrogen-bond donors (Lipinski definition) is 1. The number of rotatable bonds is 4. The molecule has 3 heterocycles. The van der Waals surface area contributed by atoms with Crippen LogP contribution >= 0.6 is 11.3 Å². The van der Waals surface area contributed by atoms with Crippen LogP contribution in [-0.4, -0.2) is 48.3 Å². The standard InChI is InChI=1S/C16H22N6OS/c1-16(14(23)18-15-17-8-11-24-15)6-9-22(10-7-16)13-5-4-12(19-20-13)21(2)3/h4-5,8,11H,6-7,9-10H2,1-3H3,(H,17,18,23). The largest absolute Gasteiger partial charge is 0.361 e. The number of carbonyl (C=O) groups excluding carboxylic acids is 1. The molecule has 1 saturated heterocycles. The molecule has 0 atom stereocenters. The highest BCUT2D eigenvalue weighted by Gasteiger charge is 2.37. The molecule has 8 heteroatoms. The average Bonchev–Trinajstić information content (AvgIpc) is 3.08. The van der Waals surface area contributed by atoms with Gasteiger partial charge in [0.05, 0.1) is 5.41 Å². The van der Waals surface area contributed by atoms with E-state index in [1.165, 1.54) is 11.3 Å². The van der Waals surface area contributed by atoms with Crippen LogP contribution in [0.5, 0.6) is 0 Å². The number of nitrogens with one attached hydrogen (secondary N) is 1. The van der Waals surface area contributed by atoms with Crippen LogP contribution in [0.4, 0.5) is 16.8 Å². The van der Waals surface area contributed by atoms with Crippen LogP contribution in [0.15, 0.2) is 23.7 Å². The molecule has 2 aromatic rings. The summed E-state index contributed by atoms with van der Waals surface area (Å²) >= 11 is 1.44. The van der Waals surface area contributed by atoms with Crippen molar-refractivity contribution in [3.8, 4) is 0 Å². The van der Waals surface area contributed by atoms with Gasteiger partial charge in [-0.3, -0.25) is 4.79 Å². The number of aromatic nitrogens is 3. The van der Waals surface area contributed by atoms with Crippen LogP contribution in [-0.2, 0) is 4.79 Å². The topological polar surface area (TPSA) is 74.2 Å². The molecule has 24 heavy (non-hydrogen) atoms. The van der Waals surface area contributed by atoms with Gasteiger partial charge in [0, 0.05) is 38.8 Å². The molecule has 7 nitrogen and oxygen atoms in total. The minimum absolute atomic E-state index is 0.0474. The molecular formula is C16H22N6OS. The summed E-state index contributed by atoms with van der Waals surface area (Å²) in [5.41, 5.74) is -0.376. The minimum atomic E-state index is -0.376. The highest BCUT2D eigenvalue weighted by atomic mass is 32.1. The zero-order valence-corrected chi connectivity index (χ0v) is 15.0. The lowest BCUT2D eigenvalue weighted by atomic mass is 9.79. The van der Waals surface area contributed by atoms with Crippen molar-refractivity contribution in [2.45, 2.75) is 19.8 Å². The summed E-state index contributed by atoms with van der Waals surface area (Å²) in [7, 11) is 3.88. The number of piperidine rings is 1.